The molecule has 1 aromatic heterocycles. The fraction of sp³-hybridized carbons (Fsp3) is 0.333. The van der Waals surface area contributed by atoms with Gasteiger partial charge >= 0.3 is 0 Å². The lowest BCUT2D eigenvalue weighted by Gasteiger charge is -2.19. The fourth-order valence-electron chi connectivity index (χ4n) is 4.86. The SMILES string of the molecule is Cc1ccc(N2C[C@H](c3nc4ccccc4n3C[C@H](O)COc3ccc(C(C)C)cc3)CC2=O)cc1. The quantitative estimate of drug-likeness (QED) is 0.363. The predicted molar refractivity (Wildman–Crippen MR) is 143 cm³/mol. The van der Waals surface area contributed by atoms with Gasteiger partial charge in [-0.15, -0.1) is 0 Å². The van der Waals surface area contributed by atoms with Crippen LogP contribution in [0.2, 0.25) is 0 Å². The molecule has 1 fully saturated rings. The zero-order valence-corrected chi connectivity index (χ0v) is 21.1. The molecule has 4 aromatic rings. The number of anilines is 1. The number of amides is 1. The van der Waals surface area contributed by atoms with Crippen molar-refractivity contribution < 1.29 is 14.6 Å². The third kappa shape index (κ3) is 5.00. The van der Waals surface area contributed by atoms with Crippen LogP contribution in [0.4, 0.5) is 5.69 Å². The third-order valence-electron chi connectivity index (χ3n) is 6.90. The highest BCUT2D eigenvalue weighted by molar-refractivity contribution is 5.96. The molecule has 1 N–H and O–H groups in total. The topological polar surface area (TPSA) is 67.6 Å². The van der Waals surface area contributed by atoms with Crippen LogP contribution in [0.25, 0.3) is 11.0 Å². The first-order chi connectivity index (χ1) is 17.4. The van der Waals surface area contributed by atoms with Crippen LogP contribution >= 0.6 is 0 Å². The van der Waals surface area contributed by atoms with Gasteiger partial charge in [-0.05, 0) is 54.8 Å². The number of carbonyl (C=O) groups excluding carboxylic acids is 1. The van der Waals surface area contributed by atoms with Crippen molar-refractivity contribution in [1.82, 2.24) is 9.55 Å². The predicted octanol–water partition coefficient (Wildman–Crippen LogP) is 5.43. The first-order valence-electron chi connectivity index (χ1n) is 12.6. The van der Waals surface area contributed by atoms with Crippen LogP contribution in [-0.4, -0.2) is 39.8 Å². The number of para-hydroxylation sites is 2. The lowest BCUT2D eigenvalue weighted by molar-refractivity contribution is -0.117. The Hall–Kier alpha value is -3.64. The number of hydrogen-bond acceptors (Lipinski definition) is 4. The van der Waals surface area contributed by atoms with Gasteiger partial charge < -0.3 is 19.3 Å². The van der Waals surface area contributed by atoms with Crippen LogP contribution in [0.3, 0.4) is 0 Å². The van der Waals surface area contributed by atoms with Crippen LogP contribution < -0.4 is 9.64 Å². The van der Waals surface area contributed by atoms with Crippen LogP contribution in [0.15, 0.2) is 72.8 Å². The van der Waals surface area contributed by atoms with Gasteiger partial charge in [0.2, 0.25) is 5.91 Å². The average Bonchev–Trinajstić information content (AvgIpc) is 3.44. The van der Waals surface area contributed by atoms with E-state index < -0.39 is 6.10 Å². The molecular formula is C30H33N3O3. The lowest BCUT2D eigenvalue weighted by Crippen LogP contribution is -2.26. The number of hydrogen-bond donors (Lipinski definition) is 1. The summed E-state index contributed by atoms with van der Waals surface area (Å²) in [5, 5.41) is 10.9. The molecule has 2 heterocycles. The first-order valence-corrected chi connectivity index (χ1v) is 12.6. The van der Waals surface area contributed by atoms with Crippen molar-refractivity contribution in [1.29, 1.82) is 0 Å². The highest BCUT2D eigenvalue weighted by Crippen LogP contribution is 2.33. The Balaban J connectivity index is 1.34. The minimum Gasteiger partial charge on any atom is -0.491 e. The Bertz CT molecular complexity index is 1340. The Morgan fingerprint density at radius 1 is 1.03 bits per heavy atom. The number of imidazole rings is 1. The third-order valence-corrected chi connectivity index (χ3v) is 6.90. The van der Waals surface area contributed by atoms with E-state index in [9.17, 15) is 9.90 Å². The second-order valence-corrected chi connectivity index (χ2v) is 10.00. The molecule has 1 saturated heterocycles. The van der Waals surface area contributed by atoms with Crippen molar-refractivity contribution in [2.45, 2.75) is 51.7 Å². The highest BCUT2D eigenvalue weighted by Gasteiger charge is 2.35. The van der Waals surface area contributed by atoms with Gasteiger partial charge in [-0.2, -0.15) is 0 Å². The van der Waals surface area contributed by atoms with Gasteiger partial charge in [0.1, 0.15) is 24.3 Å². The number of carbonyl (C=O) groups is 1. The normalized spacial score (nSPS) is 16.8. The number of aliphatic hydroxyl groups excluding tert-OH is 1. The molecular weight excluding hydrogens is 450 g/mol. The smallest absolute Gasteiger partial charge is 0.227 e. The lowest BCUT2D eigenvalue weighted by atomic mass is 10.0. The van der Waals surface area contributed by atoms with E-state index >= 15 is 0 Å². The summed E-state index contributed by atoms with van der Waals surface area (Å²) in [4.78, 5) is 19.7. The largest absolute Gasteiger partial charge is 0.491 e. The van der Waals surface area contributed by atoms with Gasteiger partial charge in [0.15, 0.2) is 0 Å². The molecule has 1 amide bonds. The standard InChI is InChI=1S/C30H33N3O3/c1-20(2)22-10-14-26(15-11-22)36-19-25(34)18-33-28-7-5-4-6-27(28)31-30(33)23-16-29(35)32(17-23)24-12-8-21(3)9-13-24/h4-15,20,23,25,34H,16-19H2,1-3H3/t23-,25+/m1/s1. The number of aliphatic hydroxyl groups is 1. The Morgan fingerprint density at radius 3 is 2.47 bits per heavy atom. The molecule has 0 unspecified atom stereocenters. The summed E-state index contributed by atoms with van der Waals surface area (Å²) in [6.45, 7) is 7.44. The van der Waals surface area contributed by atoms with E-state index in [1.165, 1.54) is 5.56 Å². The van der Waals surface area contributed by atoms with Crippen molar-refractivity contribution >= 4 is 22.6 Å². The van der Waals surface area contributed by atoms with Crippen LogP contribution in [0, 0.1) is 6.92 Å². The molecule has 0 spiro atoms. The number of aryl methyl sites for hydroxylation is 1. The molecule has 6 nitrogen and oxygen atoms in total. The molecule has 5 rings (SSSR count). The number of ether oxygens (including phenoxy) is 1. The minimum absolute atomic E-state index is 0.0529. The number of benzene rings is 3. The average molecular weight is 484 g/mol. The molecule has 3 aromatic carbocycles. The second-order valence-electron chi connectivity index (χ2n) is 10.00. The van der Waals surface area contributed by atoms with Gasteiger partial charge in [-0.1, -0.05) is 55.8 Å². The van der Waals surface area contributed by atoms with Crippen LogP contribution in [0.1, 0.15) is 49.1 Å². The maximum Gasteiger partial charge on any atom is 0.227 e. The number of fused-ring (bicyclic) bond motifs is 1. The summed E-state index contributed by atoms with van der Waals surface area (Å²) in [6, 6.07) is 24.0. The Morgan fingerprint density at radius 2 is 1.75 bits per heavy atom. The zero-order chi connectivity index (χ0) is 25.2. The summed E-state index contributed by atoms with van der Waals surface area (Å²) >= 11 is 0. The van der Waals surface area contributed by atoms with Crippen molar-refractivity contribution in [3.8, 4) is 5.75 Å². The number of aromatic nitrogens is 2. The molecule has 0 bridgehead atoms. The Labute approximate surface area is 212 Å². The van der Waals surface area contributed by atoms with Crippen LogP contribution in [-0.2, 0) is 11.3 Å². The van der Waals surface area contributed by atoms with E-state index in [-0.39, 0.29) is 18.4 Å². The van der Waals surface area contributed by atoms with Crippen molar-refractivity contribution in [2.24, 2.45) is 0 Å². The first kappa shape index (κ1) is 24.1. The molecule has 0 saturated carbocycles. The van der Waals surface area contributed by atoms with Crippen molar-refractivity contribution in [3.63, 3.8) is 0 Å². The van der Waals surface area contributed by atoms with E-state index in [1.54, 1.807) is 0 Å². The van der Waals surface area contributed by atoms with Gasteiger partial charge in [-0.3, -0.25) is 4.79 Å². The molecule has 0 radical (unpaired) electrons. The van der Waals surface area contributed by atoms with Crippen molar-refractivity contribution in [2.75, 3.05) is 18.1 Å². The van der Waals surface area contributed by atoms with E-state index in [4.69, 9.17) is 9.72 Å². The summed E-state index contributed by atoms with van der Waals surface area (Å²) in [6.07, 6.45) is -0.331. The van der Waals surface area contributed by atoms with Gasteiger partial charge in [0.05, 0.1) is 17.6 Å². The Kier molecular flexibility index (Phi) is 6.79. The maximum atomic E-state index is 12.9. The minimum atomic E-state index is -0.726. The number of nitrogens with zero attached hydrogens (tertiary/aromatic N) is 3. The van der Waals surface area contributed by atoms with E-state index in [2.05, 4.69) is 30.5 Å². The van der Waals surface area contributed by atoms with Gasteiger partial charge in [0.25, 0.3) is 0 Å². The molecule has 1 aliphatic heterocycles. The molecule has 6 heteroatoms. The molecule has 2 atom stereocenters. The maximum absolute atomic E-state index is 12.9. The zero-order valence-electron chi connectivity index (χ0n) is 21.1. The second kappa shape index (κ2) is 10.2. The fourth-order valence-corrected chi connectivity index (χ4v) is 4.86. The summed E-state index contributed by atoms with van der Waals surface area (Å²) in [7, 11) is 0. The molecule has 186 valence electrons. The van der Waals surface area contributed by atoms with E-state index in [0.717, 1.165) is 33.9 Å². The summed E-state index contributed by atoms with van der Waals surface area (Å²) in [5.74, 6) is 2.07. The van der Waals surface area contributed by atoms with Crippen molar-refractivity contribution in [3.05, 3.63) is 89.7 Å². The highest BCUT2D eigenvalue weighted by atomic mass is 16.5. The van der Waals surface area contributed by atoms with E-state index in [0.29, 0.717) is 25.4 Å². The van der Waals surface area contributed by atoms with Gasteiger partial charge in [0, 0.05) is 24.6 Å². The molecule has 1 aliphatic rings. The number of rotatable bonds is 8. The van der Waals surface area contributed by atoms with Crippen LogP contribution in [0.5, 0.6) is 5.75 Å². The summed E-state index contributed by atoms with van der Waals surface area (Å²) in [5.41, 5.74) is 5.15. The monoisotopic (exact) mass is 483 g/mol. The summed E-state index contributed by atoms with van der Waals surface area (Å²) < 4.78 is 7.94. The van der Waals surface area contributed by atoms with Gasteiger partial charge in [-0.25, -0.2) is 4.98 Å². The molecule has 0 aliphatic carbocycles. The molecule has 36 heavy (non-hydrogen) atoms. The van der Waals surface area contributed by atoms with E-state index in [1.807, 2.05) is 72.5 Å².